The SMILES string of the molecule is CCCCCCCCCCCC(=O)OC[C@H](COCc1ccccc1)OC(=O)CCCCCCCCCCC. The summed E-state index contributed by atoms with van der Waals surface area (Å²) in [4.78, 5) is 24.8. The Hall–Kier alpha value is -1.88. The predicted octanol–water partition coefficient (Wildman–Crippen LogP) is 9.50. The zero-order chi connectivity index (χ0) is 28.2. The maximum absolute atomic E-state index is 12.5. The van der Waals surface area contributed by atoms with Gasteiger partial charge in [0.1, 0.15) is 6.61 Å². The molecule has 1 rings (SSSR count). The van der Waals surface area contributed by atoms with Crippen molar-refractivity contribution in [2.45, 2.75) is 155 Å². The van der Waals surface area contributed by atoms with Crippen LogP contribution in [0.5, 0.6) is 0 Å². The van der Waals surface area contributed by atoms with Crippen LogP contribution in [0.4, 0.5) is 0 Å². The van der Waals surface area contributed by atoms with Gasteiger partial charge in [-0.25, -0.2) is 0 Å². The molecular weight excluding hydrogens is 488 g/mol. The standard InChI is InChI=1S/C34H58O5/c1-3-5-7-9-11-13-15-17-22-26-33(35)38-30-32(29-37-28-31-24-20-19-21-25-31)39-34(36)27-23-18-16-14-12-10-8-6-4-2/h19-21,24-25,32H,3-18,22-23,26-30H2,1-2H3/t32-/m0/s1. The van der Waals surface area contributed by atoms with Crippen molar-refractivity contribution in [3.63, 3.8) is 0 Å². The molecule has 5 nitrogen and oxygen atoms in total. The Kier molecular flexibility index (Phi) is 23.7. The van der Waals surface area contributed by atoms with E-state index >= 15 is 0 Å². The molecule has 0 aromatic heterocycles. The third-order valence-electron chi connectivity index (χ3n) is 7.11. The number of benzene rings is 1. The Morgan fingerprint density at radius 1 is 0.590 bits per heavy atom. The lowest BCUT2D eigenvalue weighted by Crippen LogP contribution is -2.29. The number of esters is 2. The second kappa shape index (κ2) is 26.3. The van der Waals surface area contributed by atoms with Gasteiger partial charge in [0.2, 0.25) is 0 Å². The summed E-state index contributed by atoms with van der Waals surface area (Å²) in [7, 11) is 0. The fourth-order valence-electron chi connectivity index (χ4n) is 4.66. The molecule has 1 aromatic carbocycles. The highest BCUT2D eigenvalue weighted by Crippen LogP contribution is 2.13. The third-order valence-corrected chi connectivity index (χ3v) is 7.11. The summed E-state index contributed by atoms with van der Waals surface area (Å²) in [6, 6.07) is 9.89. The highest BCUT2D eigenvalue weighted by atomic mass is 16.6. The number of rotatable bonds is 27. The quantitative estimate of drug-likeness (QED) is 0.0812. The van der Waals surface area contributed by atoms with Gasteiger partial charge in [-0.15, -0.1) is 0 Å². The fourth-order valence-corrected chi connectivity index (χ4v) is 4.66. The summed E-state index contributed by atoms with van der Waals surface area (Å²) in [6.07, 6.45) is 22.0. The Balaban J connectivity index is 2.27. The van der Waals surface area contributed by atoms with E-state index < -0.39 is 6.10 Å². The van der Waals surface area contributed by atoms with Gasteiger partial charge in [0, 0.05) is 12.8 Å². The number of unbranched alkanes of at least 4 members (excludes halogenated alkanes) is 16. The third kappa shape index (κ3) is 22.6. The second-order valence-corrected chi connectivity index (χ2v) is 11.0. The van der Waals surface area contributed by atoms with Crippen LogP contribution in [0, 0.1) is 0 Å². The lowest BCUT2D eigenvalue weighted by molar-refractivity contribution is -0.163. The largest absolute Gasteiger partial charge is 0.462 e. The van der Waals surface area contributed by atoms with Crippen LogP contribution in [-0.2, 0) is 30.4 Å². The molecule has 0 saturated heterocycles. The van der Waals surface area contributed by atoms with Crippen molar-refractivity contribution in [3.8, 4) is 0 Å². The van der Waals surface area contributed by atoms with Crippen molar-refractivity contribution in [1.29, 1.82) is 0 Å². The summed E-state index contributed by atoms with van der Waals surface area (Å²) in [5, 5.41) is 0. The number of hydrogen-bond donors (Lipinski definition) is 0. The van der Waals surface area contributed by atoms with Crippen LogP contribution in [0.15, 0.2) is 30.3 Å². The topological polar surface area (TPSA) is 61.8 Å². The van der Waals surface area contributed by atoms with Gasteiger partial charge in [-0.1, -0.05) is 147 Å². The molecule has 1 aromatic rings. The van der Waals surface area contributed by atoms with Crippen molar-refractivity contribution in [1.82, 2.24) is 0 Å². The molecule has 0 radical (unpaired) electrons. The van der Waals surface area contributed by atoms with Gasteiger partial charge in [-0.2, -0.15) is 0 Å². The minimum Gasteiger partial charge on any atom is -0.462 e. The van der Waals surface area contributed by atoms with Gasteiger partial charge in [0.25, 0.3) is 0 Å². The van der Waals surface area contributed by atoms with Gasteiger partial charge < -0.3 is 14.2 Å². The molecule has 0 spiro atoms. The molecule has 5 heteroatoms. The van der Waals surface area contributed by atoms with E-state index in [1.807, 2.05) is 30.3 Å². The smallest absolute Gasteiger partial charge is 0.306 e. The highest BCUT2D eigenvalue weighted by Gasteiger charge is 2.17. The Bertz CT molecular complexity index is 690. The zero-order valence-electron chi connectivity index (χ0n) is 25.3. The number of carbonyl (C=O) groups is 2. The van der Waals surface area contributed by atoms with Crippen molar-refractivity contribution in [2.24, 2.45) is 0 Å². The summed E-state index contributed by atoms with van der Waals surface area (Å²) in [5.41, 5.74) is 1.06. The lowest BCUT2D eigenvalue weighted by atomic mass is 10.1. The lowest BCUT2D eigenvalue weighted by Gasteiger charge is -2.18. The minimum atomic E-state index is -0.577. The predicted molar refractivity (Wildman–Crippen MR) is 161 cm³/mol. The maximum atomic E-state index is 12.5. The van der Waals surface area contributed by atoms with E-state index in [0.717, 1.165) is 31.2 Å². The van der Waals surface area contributed by atoms with E-state index in [4.69, 9.17) is 14.2 Å². The van der Waals surface area contributed by atoms with Gasteiger partial charge in [-0.3, -0.25) is 9.59 Å². The molecule has 1 atom stereocenters. The van der Waals surface area contributed by atoms with E-state index in [9.17, 15) is 9.59 Å². The molecule has 0 unspecified atom stereocenters. The van der Waals surface area contributed by atoms with Crippen LogP contribution in [0.1, 0.15) is 148 Å². The van der Waals surface area contributed by atoms with E-state index in [1.54, 1.807) is 0 Å². The molecule has 224 valence electrons. The summed E-state index contributed by atoms with van der Waals surface area (Å²) < 4.78 is 17.0. The van der Waals surface area contributed by atoms with Crippen LogP contribution in [0.25, 0.3) is 0 Å². The summed E-state index contributed by atoms with van der Waals surface area (Å²) in [6.45, 7) is 5.17. The zero-order valence-corrected chi connectivity index (χ0v) is 25.3. The van der Waals surface area contributed by atoms with Crippen molar-refractivity contribution < 1.29 is 23.8 Å². The molecule has 0 amide bonds. The molecule has 0 N–H and O–H groups in total. The summed E-state index contributed by atoms with van der Waals surface area (Å²) in [5.74, 6) is -0.456. The molecule has 0 heterocycles. The monoisotopic (exact) mass is 546 g/mol. The van der Waals surface area contributed by atoms with Gasteiger partial charge in [0.15, 0.2) is 6.10 Å². The summed E-state index contributed by atoms with van der Waals surface area (Å²) >= 11 is 0. The first kappa shape index (κ1) is 35.1. The number of hydrogen-bond acceptors (Lipinski definition) is 5. The first-order valence-corrected chi connectivity index (χ1v) is 16.1. The molecular formula is C34H58O5. The maximum Gasteiger partial charge on any atom is 0.306 e. The number of carbonyl (C=O) groups excluding carboxylic acids is 2. The highest BCUT2D eigenvalue weighted by molar-refractivity contribution is 5.70. The minimum absolute atomic E-state index is 0.0502. The fraction of sp³-hybridized carbons (Fsp3) is 0.765. The molecule has 39 heavy (non-hydrogen) atoms. The molecule has 0 fully saturated rings. The first-order valence-electron chi connectivity index (χ1n) is 16.1. The van der Waals surface area contributed by atoms with E-state index in [1.165, 1.54) is 89.9 Å². The van der Waals surface area contributed by atoms with Gasteiger partial charge >= 0.3 is 11.9 Å². The van der Waals surface area contributed by atoms with Crippen LogP contribution in [0.2, 0.25) is 0 Å². The Morgan fingerprint density at radius 3 is 1.56 bits per heavy atom. The molecule has 0 aliphatic rings. The van der Waals surface area contributed by atoms with Crippen LogP contribution in [-0.4, -0.2) is 31.3 Å². The molecule has 0 aliphatic carbocycles. The van der Waals surface area contributed by atoms with E-state index in [2.05, 4.69) is 13.8 Å². The van der Waals surface area contributed by atoms with Crippen molar-refractivity contribution >= 4 is 11.9 Å². The van der Waals surface area contributed by atoms with Gasteiger partial charge in [0.05, 0.1) is 13.2 Å². The number of ether oxygens (including phenoxy) is 3. The van der Waals surface area contributed by atoms with E-state index in [0.29, 0.717) is 19.4 Å². The second-order valence-electron chi connectivity index (χ2n) is 11.0. The van der Waals surface area contributed by atoms with Crippen LogP contribution < -0.4 is 0 Å². The Morgan fingerprint density at radius 2 is 1.05 bits per heavy atom. The average molecular weight is 547 g/mol. The first-order chi connectivity index (χ1) is 19.2. The molecule has 0 aliphatic heterocycles. The average Bonchev–Trinajstić information content (AvgIpc) is 2.94. The van der Waals surface area contributed by atoms with Crippen molar-refractivity contribution in [2.75, 3.05) is 13.2 Å². The van der Waals surface area contributed by atoms with E-state index in [-0.39, 0.29) is 25.2 Å². The normalized spacial score (nSPS) is 11.8. The Labute approximate surface area is 239 Å². The molecule has 0 saturated carbocycles. The van der Waals surface area contributed by atoms with Crippen LogP contribution >= 0.6 is 0 Å². The van der Waals surface area contributed by atoms with Crippen LogP contribution in [0.3, 0.4) is 0 Å². The van der Waals surface area contributed by atoms with Crippen molar-refractivity contribution in [3.05, 3.63) is 35.9 Å². The molecule has 0 bridgehead atoms. The van der Waals surface area contributed by atoms with Gasteiger partial charge in [-0.05, 0) is 18.4 Å².